The molecular formula is C19H26FIN4. The molecule has 25 heavy (non-hydrogen) atoms. The number of pyridine rings is 1. The quantitative estimate of drug-likeness (QED) is 0.396. The van der Waals surface area contributed by atoms with E-state index in [1.807, 2.05) is 32.2 Å². The molecule has 0 radical (unpaired) electrons. The van der Waals surface area contributed by atoms with Crippen LogP contribution in [0.1, 0.15) is 29.3 Å². The van der Waals surface area contributed by atoms with Crippen molar-refractivity contribution in [2.45, 2.75) is 33.7 Å². The lowest BCUT2D eigenvalue weighted by molar-refractivity contribution is 0.616. The highest BCUT2D eigenvalue weighted by molar-refractivity contribution is 14.0. The van der Waals surface area contributed by atoms with Gasteiger partial charge in [-0.05, 0) is 56.0 Å². The fourth-order valence-corrected chi connectivity index (χ4v) is 2.22. The van der Waals surface area contributed by atoms with Crippen molar-refractivity contribution in [3.05, 3.63) is 64.7 Å². The van der Waals surface area contributed by atoms with Crippen LogP contribution in [0.2, 0.25) is 0 Å². The number of aryl methyl sites for hydroxylation is 2. The number of nitrogens with one attached hydrogen (secondary N) is 2. The van der Waals surface area contributed by atoms with Crippen molar-refractivity contribution in [3.63, 3.8) is 0 Å². The van der Waals surface area contributed by atoms with Crippen LogP contribution in [-0.4, -0.2) is 24.0 Å². The second-order valence-corrected chi connectivity index (χ2v) is 5.76. The SMILES string of the molecule is CCNC(=NCc1ccc(C)c(F)c1)NCCc1ccc(C)nc1.I. The van der Waals surface area contributed by atoms with Gasteiger partial charge in [0, 0.05) is 25.0 Å². The highest BCUT2D eigenvalue weighted by atomic mass is 127. The summed E-state index contributed by atoms with van der Waals surface area (Å²) < 4.78 is 13.6. The van der Waals surface area contributed by atoms with Crippen LogP contribution >= 0.6 is 24.0 Å². The zero-order valence-corrected chi connectivity index (χ0v) is 17.3. The molecule has 136 valence electrons. The van der Waals surface area contributed by atoms with Gasteiger partial charge < -0.3 is 10.6 Å². The molecule has 0 saturated heterocycles. The Hall–Kier alpha value is -1.70. The Kier molecular flexibility index (Phi) is 9.41. The molecule has 0 aliphatic carbocycles. The second kappa shape index (κ2) is 11.0. The molecule has 2 aromatic rings. The molecule has 0 aliphatic rings. The number of halogens is 2. The van der Waals surface area contributed by atoms with Crippen LogP contribution in [0.5, 0.6) is 0 Å². The minimum Gasteiger partial charge on any atom is -0.357 e. The summed E-state index contributed by atoms with van der Waals surface area (Å²) in [7, 11) is 0. The van der Waals surface area contributed by atoms with E-state index in [2.05, 4.69) is 26.7 Å². The first-order valence-corrected chi connectivity index (χ1v) is 8.27. The molecule has 0 fully saturated rings. The second-order valence-electron chi connectivity index (χ2n) is 5.76. The van der Waals surface area contributed by atoms with Crippen molar-refractivity contribution in [1.82, 2.24) is 15.6 Å². The van der Waals surface area contributed by atoms with Crippen molar-refractivity contribution in [3.8, 4) is 0 Å². The molecule has 1 aromatic heterocycles. The van der Waals surface area contributed by atoms with E-state index >= 15 is 0 Å². The van der Waals surface area contributed by atoms with Crippen molar-refractivity contribution in [2.24, 2.45) is 4.99 Å². The third-order valence-corrected chi connectivity index (χ3v) is 3.68. The number of guanidine groups is 1. The van der Waals surface area contributed by atoms with Crippen LogP contribution in [0.25, 0.3) is 0 Å². The first-order valence-electron chi connectivity index (χ1n) is 8.27. The number of benzene rings is 1. The van der Waals surface area contributed by atoms with Crippen molar-refractivity contribution in [1.29, 1.82) is 0 Å². The van der Waals surface area contributed by atoms with Gasteiger partial charge in [0.1, 0.15) is 5.82 Å². The van der Waals surface area contributed by atoms with E-state index in [0.29, 0.717) is 12.1 Å². The van der Waals surface area contributed by atoms with Gasteiger partial charge in [0.25, 0.3) is 0 Å². The Morgan fingerprint density at radius 2 is 1.88 bits per heavy atom. The number of aromatic nitrogens is 1. The third-order valence-electron chi connectivity index (χ3n) is 3.68. The average Bonchev–Trinajstić information content (AvgIpc) is 2.57. The molecule has 1 heterocycles. The number of hydrogen-bond donors (Lipinski definition) is 2. The van der Waals surface area contributed by atoms with Gasteiger partial charge >= 0.3 is 0 Å². The van der Waals surface area contributed by atoms with E-state index in [4.69, 9.17) is 0 Å². The molecule has 2 N–H and O–H groups in total. The summed E-state index contributed by atoms with van der Waals surface area (Å²) in [5.74, 6) is 0.547. The summed E-state index contributed by atoms with van der Waals surface area (Å²) in [4.78, 5) is 8.81. The van der Waals surface area contributed by atoms with Crippen LogP contribution < -0.4 is 10.6 Å². The topological polar surface area (TPSA) is 49.3 Å². The summed E-state index contributed by atoms with van der Waals surface area (Å²) >= 11 is 0. The van der Waals surface area contributed by atoms with Crippen LogP contribution in [0.15, 0.2) is 41.5 Å². The molecule has 0 saturated carbocycles. The monoisotopic (exact) mass is 456 g/mol. The molecule has 0 spiro atoms. The molecule has 0 bridgehead atoms. The van der Waals surface area contributed by atoms with Crippen LogP contribution in [0.3, 0.4) is 0 Å². The molecule has 6 heteroatoms. The summed E-state index contributed by atoms with van der Waals surface area (Å²) in [6, 6.07) is 9.33. The maximum atomic E-state index is 13.6. The zero-order chi connectivity index (χ0) is 17.4. The van der Waals surface area contributed by atoms with Crippen LogP contribution in [0, 0.1) is 19.7 Å². The van der Waals surface area contributed by atoms with Gasteiger partial charge in [0.15, 0.2) is 5.96 Å². The van der Waals surface area contributed by atoms with E-state index in [9.17, 15) is 4.39 Å². The van der Waals surface area contributed by atoms with Crippen LogP contribution in [0.4, 0.5) is 4.39 Å². The lowest BCUT2D eigenvalue weighted by Crippen LogP contribution is -2.38. The smallest absolute Gasteiger partial charge is 0.191 e. The standard InChI is InChI=1S/C19H25FN4.HI/c1-4-21-19(22-10-9-16-8-6-15(3)23-12-16)24-13-17-7-5-14(2)18(20)11-17;/h5-8,11-12H,4,9-10,13H2,1-3H3,(H2,21,22,24);1H. The van der Waals surface area contributed by atoms with E-state index in [0.717, 1.165) is 36.7 Å². The highest BCUT2D eigenvalue weighted by Crippen LogP contribution is 2.10. The van der Waals surface area contributed by atoms with Crippen molar-refractivity contribution in [2.75, 3.05) is 13.1 Å². The molecule has 2 rings (SSSR count). The summed E-state index contributed by atoms with van der Waals surface area (Å²) in [5.41, 5.74) is 3.72. The Labute approximate surface area is 166 Å². The minimum absolute atomic E-state index is 0. The first-order chi connectivity index (χ1) is 11.6. The van der Waals surface area contributed by atoms with E-state index in [-0.39, 0.29) is 29.8 Å². The van der Waals surface area contributed by atoms with E-state index in [1.165, 1.54) is 5.56 Å². The largest absolute Gasteiger partial charge is 0.357 e. The maximum Gasteiger partial charge on any atom is 0.191 e. The summed E-state index contributed by atoms with van der Waals surface area (Å²) in [6.07, 6.45) is 2.77. The number of hydrogen-bond acceptors (Lipinski definition) is 2. The Balaban J connectivity index is 0.00000312. The highest BCUT2D eigenvalue weighted by Gasteiger charge is 2.01. The van der Waals surface area contributed by atoms with Gasteiger partial charge in [0.05, 0.1) is 6.54 Å². The third kappa shape index (κ3) is 7.37. The predicted molar refractivity (Wildman–Crippen MR) is 112 cm³/mol. The molecule has 0 unspecified atom stereocenters. The number of aliphatic imine (C=N–C) groups is 1. The normalized spacial score (nSPS) is 11.0. The minimum atomic E-state index is -0.187. The molecule has 0 atom stereocenters. The summed E-state index contributed by atoms with van der Waals surface area (Å²) in [6.45, 7) is 7.74. The lowest BCUT2D eigenvalue weighted by Gasteiger charge is -2.11. The number of rotatable bonds is 6. The van der Waals surface area contributed by atoms with E-state index < -0.39 is 0 Å². The predicted octanol–water partition coefficient (Wildman–Crippen LogP) is 3.75. The molecule has 1 aromatic carbocycles. The zero-order valence-electron chi connectivity index (χ0n) is 15.0. The molecular weight excluding hydrogens is 430 g/mol. The Bertz CT molecular complexity index is 686. The Morgan fingerprint density at radius 3 is 2.52 bits per heavy atom. The van der Waals surface area contributed by atoms with Gasteiger partial charge in [-0.15, -0.1) is 24.0 Å². The van der Waals surface area contributed by atoms with Crippen molar-refractivity contribution >= 4 is 29.9 Å². The first kappa shape index (κ1) is 21.3. The lowest BCUT2D eigenvalue weighted by atomic mass is 10.1. The van der Waals surface area contributed by atoms with Gasteiger partial charge in [-0.1, -0.05) is 18.2 Å². The Morgan fingerprint density at radius 1 is 1.12 bits per heavy atom. The number of nitrogens with zero attached hydrogens (tertiary/aromatic N) is 2. The van der Waals surface area contributed by atoms with Gasteiger partial charge in [-0.2, -0.15) is 0 Å². The van der Waals surface area contributed by atoms with Gasteiger partial charge in [0.2, 0.25) is 0 Å². The molecule has 0 aliphatic heterocycles. The molecule has 4 nitrogen and oxygen atoms in total. The fraction of sp³-hybridized carbons (Fsp3) is 0.368. The van der Waals surface area contributed by atoms with Crippen LogP contribution in [-0.2, 0) is 13.0 Å². The van der Waals surface area contributed by atoms with Gasteiger partial charge in [-0.3, -0.25) is 4.98 Å². The van der Waals surface area contributed by atoms with Crippen molar-refractivity contribution < 1.29 is 4.39 Å². The maximum absolute atomic E-state index is 13.6. The molecule has 0 amide bonds. The van der Waals surface area contributed by atoms with E-state index in [1.54, 1.807) is 19.1 Å². The summed E-state index contributed by atoms with van der Waals surface area (Å²) in [5, 5.41) is 6.50. The average molecular weight is 456 g/mol. The fourth-order valence-electron chi connectivity index (χ4n) is 2.22. The van der Waals surface area contributed by atoms with Gasteiger partial charge in [-0.25, -0.2) is 9.38 Å².